The lowest BCUT2D eigenvalue weighted by molar-refractivity contribution is 1.24. The fourth-order valence-corrected chi connectivity index (χ4v) is 5.16. The van der Waals surface area contributed by atoms with Gasteiger partial charge in [0.2, 0.25) is 0 Å². The molecule has 0 heterocycles. The van der Waals surface area contributed by atoms with Crippen LogP contribution in [0, 0.1) is 0 Å². The van der Waals surface area contributed by atoms with E-state index in [1.54, 1.807) is 0 Å². The zero-order chi connectivity index (χ0) is 23.8. The maximum absolute atomic E-state index is 6.71. The summed E-state index contributed by atoms with van der Waals surface area (Å²) in [4.78, 5) is 0. The van der Waals surface area contributed by atoms with Crippen molar-refractivity contribution in [3.05, 3.63) is 132 Å². The summed E-state index contributed by atoms with van der Waals surface area (Å²) < 4.78 is 0. The molecular formula is C33H26N2. The molecule has 0 saturated heterocycles. The molecule has 0 aliphatic carbocycles. The fourth-order valence-electron chi connectivity index (χ4n) is 5.16. The Morgan fingerprint density at radius 3 is 1.14 bits per heavy atom. The van der Waals surface area contributed by atoms with Crippen LogP contribution in [-0.4, -0.2) is 0 Å². The number of hydrogen-bond donors (Lipinski definition) is 2. The molecule has 0 amide bonds. The molecule has 0 saturated carbocycles. The number of anilines is 2. The number of hydrogen-bond acceptors (Lipinski definition) is 2. The van der Waals surface area contributed by atoms with Crippen LogP contribution in [0.1, 0.15) is 11.1 Å². The first-order valence-corrected chi connectivity index (χ1v) is 11.9. The maximum atomic E-state index is 6.71. The van der Waals surface area contributed by atoms with Gasteiger partial charge in [-0.25, -0.2) is 0 Å². The molecule has 0 bridgehead atoms. The highest BCUT2D eigenvalue weighted by Crippen LogP contribution is 2.39. The van der Waals surface area contributed by atoms with Gasteiger partial charge >= 0.3 is 0 Å². The Morgan fingerprint density at radius 1 is 0.400 bits per heavy atom. The van der Waals surface area contributed by atoms with Gasteiger partial charge in [-0.2, -0.15) is 0 Å². The van der Waals surface area contributed by atoms with Crippen LogP contribution in [0.3, 0.4) is 0 Å². The second kappa shape index (κ2) is 8.66. The van der Waals surface area contributed by atoms with Gasteiger partial charge in [0.1, 0.15) is 0 Å². The molecule has 6 rings (SSSR count). The molecule has 0 fully saturated rings. The monoisotopic (exact) mass is 450 g/mol. The van der Waals surface area contributed by atoms with Crippen molar-refractivity contribution >= 4 is 32.9 Å². The zero-order valence-corrected chi connectivity index (χ0v) is 19.4. The summed E-state index contributed by atoms with van der Waals surface area (Å²) in [6, 6.07) is 42.2. The summed E-state index contributed by atoms with van der Waals surface area (Å²) in [6.45, 7) is 0. The molecule has 6 aromatic carbocycles. The predicted molar refractivity (Wildman–Crippen MR) is 150 cm³/mol. The van der Waals surface area contributed by atoms with Gasteiger partial charge in [0.15, 0.2) is 0 Å². The van der Waals surface area contributed by atoms with Crippen molar-refractivity contribution < 1.29 is 0 Å². The topological polar surface area (TPSA) is 52.0 Å². The average molecular weight is 451 g/mol. The highest BCUT2D eigenvalue weighted by molar-refractivity contribution is 6.05. The number of rotatable bonds is 4. The van der Waals surface area contributed by atoms with Gasteiger partial charge in [-0.05, 0) is 51.6 Å². The first-order chi connectivity index (χ1) is 17.2. The fraction of sp³-hybridized carbons (Fsp3) is 0.0303. The summed E-state index contributed by atoms with van der Waals surface area (Å²) in [5.74, 6) is 0. The molecule has 0 spiro atoms. The van der Waals surface area contributed by atoms with E-state index in [0.717, 1.165) is 50.8 Å². The van der Waals surface area contributed by atoms with Crippen molar-refractivity contribution in [3.63, 3.8) is 0 Å². The summed E-state index contributed by atoms with van der Waals surface area (Å²) in [6.07, 6.45) is 0.779. The number of nitrogens with two attached hydrogens (primary N) is 2. The van der Waals surface area contributed by atoms with Gasteiger partial charge in [0.25, 0.3) is 0 Å². The van der Waals surface area contributed by atoms with E-state index in [1.165, 1.54) is 21.9 Å². The van der Waals surface area contributed by atoms with E-state index in [9.17, 15) is 0 Å². The Balaban J connectivity index is 1.59. The molecule has 4 N–H and O–H groups in total. The third-order valence-electron chi connectivity index (χ3n) is 6.89. The lowest BCUT2D eigenvalue weighted by Crippen LogP contribution is -2.00. The van der Waals surface area contributed by atoms with Crippen molar-refractivity contribution in [2.75, 3.05) is 11.5 Å². The first kappa shape index (κ1) is 21.0. The highest BCUT2D eigenvalue weighted by atomic mass is 14.6. The standard InChI is InChI=1S/C33H26N2/c34-32-28-17-9-7-15-26(28)24(20-30(32)22-11-3-1-4-12-22)19-25-21-31(23-13-5-2-6-14-23)33(35)29-18-10-8-16-27(25)29/h1-18,20-21H,19,34-35H2. The van der Waals surface area contributed by atoms with Gasteiger partial charge in [-0.3, -0.25) is 0 Å². The summed E-state index contributed by atoms with van der Waals surface area (Å²) in [7, 11) is 0. The normalized spacial score (nSPS) is 11.2. The van der Waals surface area contributed by atoms with Crippen LogP contribution in [0.4, 0.5) is 11.4 Å². The van der Waals surface area contributed by atoms with Gasteiger partial charge < -0.3 is 11.5 Å². The quantitative estimate of drug-likeness (QED) is 0.267. The number of fused-ring (bicyclic) bond motifs is 2. The Morgan fingerprint density at radius 2 is 0.743 bits per heavy atom. The number of nitrogen functional groups attached to an aromatic ring is 2. The predicted octanol–water partition coefficient (Wildman–Crippen LogP) is 8.08. The molecule has 168 valence electrons. The molecule has 0 aromatic heterocycles. The molecule has 0 radical (unpaired) electrons. The molecule has 0 unspecified atom stereocenters. The maximum Gasteiger partial charge on any atom is 0.0473 e. The van der Waals surface area contributed by atoms with E-state index in [2.05, 4.69) is 109 Å². The minimum atomic E-state index is 0.779. The second-order valence-electron chi connectivity index (χ2n) is 8.99. The molecular weight excluding hydrogens is 424 g/mol. The van der Waals surface area contributed by atoms with Crippen molar-refractivity contribution in [3.8, 4) is 22.3 Å². The smallest absolute Gasteiger partial charge is 0.0473 e. The Bertz CT molecular complexity index is 1540. The minimum absolute atomic E-state index is 0.779. The summed E-state index contributed by atoms with van der Waals surface area (Å²) >= 11 is 0. The summed E-state index contributed by atoms with van der Waals surface area (Å²) in [5, 5.41) is 4.55. The van der Waals surface area contributed by atoms with Crippen molar-refractivity contribution in [2.45, 2.75) is 6.42 Å². The molecule has 35 heavy (non-hydrogen) atoms. The molecule has 0 atom stereocenters. The van der Waals surface area contributed by atoms with Crippen molar-refractivity contribution in [1.82, 2.24) is 0 Å². The van der Waals surface area contributed by atoms with Gasteiger partial charge in [-0.1, -0.05) is 109 Å². The largest absolute Gasteiger partial charge is 0.398 e. The van der Waals surface area contributed by atoms with Gasteiger partial charge in [0.05, 0.1) is 0 Å². The van der Waals surface area contributed by atoms with E-state index >= 15 is 0 Å². The number of benzene rings is 6. The molecule has 0 aliphatic rings. The van der Waals surface area contributed by atoms with E-state index < -0.39 is 0 Å². The van der Waals surface area contributed by atoms with E-state index in [-0.39, 0.29) is 0 Å². The zero-order valence-electron chi connectivity index (χ0n) is 19.4. The van der Waals surface area contributed by atoms with Crippen molar-refractivity contribution in [2.24, 2.45) is 0 Å². The van der Waals surface area contributed by atoms with E-state index in [1.807, 2.05) is 12.1 Å². The minimum Gasteiger partial charge on any atom is -0.398 e. The SMILES string of the molecule is Nc1c(-c2ccccc2)cc(Cc2cc(-c3ccccc3)c(N)c3ccccc23)c2ccccc12. The Hall–Kier alpha value is -4.56. The van der Waals surface area contributed by atoms with E-state index in [0.29, 0.717) is 0 Å². The van der Waals surface area contributed by atoms with Crippen LogP contribution in [-0.2, 0) is 6.42 Å². The molecule has 2 nitrogen and oxygen atoms in total. The molecule has 2 heteroatoms. The van der Waals surface area contributed by atoms with Crippen LogP contribution >= 0.6 is 0 Å². The van der Waals surface area contributed by atoms with E-state index in [4.69, 9.17) is 11.5 Å². The van der Waals surface area contributed by atoms with Crippen LogP contribution in [0.2, 0.25) is 0 Å². The van der Waals surface area contributed by atoms with Crippen molar-refractivity contribution in [1.29, 1.82) is 0 Å². The molecule has 6 aromatic rings. The van der Waals surface area contributed by atoms with Gasteiger partial charge in [-0.15, -0.1) is 0 Å². The lowest BCUT2D eigenvalue weighted by atomic mass is 9.88. The Kier molecular flexibility index (Phi) is 5.20. The summed E-state index contributed by atoms with van der Waals surface area (Å²) in [5.41, 5.74) is 22.0. The van der Waals surface area contributed by atoms with Gasteiger partial charge in [0, 0.05) is 33.3 Å². The third-order valence-corrected chi connectivity index (χ3v) is 6.89. The Labute approximate surface area is 205 Å². The van der Waals surface area contributed by atoms with Crippen LogP contribution in [0.15, 0.2) is 121 Å². The molecule has 0 aliphatic heterocycles. The van der Waals surface area contributed by atoms with Crippen LogP contribution < -0.4 is 11.5 Å². The third kappa shape index (κ3) is 3.70. The highest BCUT2D eigenvalue weighted by Gasteiger charge is 2.15. The van der Waals surface area contributed by atoms with Crippen LogP contribution in [0.5, 0.6) is 0 Å². The average Bonchev–Trinajstić information content (AvgIpc) is 2.93. The van der Waals surface area contributed by atoms with Crippen LogP contribution in [0.25, 0.3) is 43.8 Å². The second-order valence-corrected chi connectivity index (χ2v) is 8.99. The first-order valence-electron chi connectivity index (χ1n) is 11.9. The lowest BCUT2D eigenvalue weighted by Gasteiger charge is -2.18.